The average molecular weight is 366 g/mol. The molecule has 1 aromatic heterocycles. The van der Waals surface area contributed by atoms with E-state index in [1.807, 2.05) is 24.5 Å². The van der Waals surface area contributed by atoms with Crippen LogP contribution in [0.15, 0.2) is 30.6 Å². The highest BCUT2D eigenvalue weighted by Gasteiger charge is 2.57. The van der Waals surface area contributed by atoms with E-state index in [4.69, 9.17) is 4.74 Å². The van der Waals surface area contributed by atoms with Gasteiger partial charge in [-0.15, -0.1) is 0 Å². The van der Waals surface area contributed by atoms with Crippen molar-refractivity contribution in [3.63, 3.8) is 0 Å². The Morgan fingerprint density at radius 3 is 2.81 bits per heavy atom. The van der Waals surface area contributed by atoms with Crippen molar-refractivity contribution in [2.75, 3.05) is 49.6 Å². The summed E-state index contributed by atoms with van der Waals surface area (Å²) in [7, 11) is 0. The molecule has 27 heavy (non-hydrogen) atoms. The number of morpholine rings is 1. The molecule has 1 aliphatic carbocycles. The van der Waals surface area contributed by atoms with Gasteiger partial charge in [-0.3, -0.25) is 9.78 Å². The molecule has 3 aliphatic rings. The second-order valence-electron chi connectivity index (χ2n) is 8.01. The van der Waals surface area contributed by atoms with E-state index in [2.05, 4.69) is 26.6 Å². The predicted molar refractivity (Wildman–Crippen MR) is 106 cm³/mol. The molecule has 1 saturated carbocycles. The fraction of sp³-hybridized carbons (Fsp3) is 0.524. The normalized spacial score (nSPS) is 24.1. The Morgan fingerprint density at radius 2 is 2.00 bits per heavy atom. The third kappa shape index (κ3) is 3.07. The van der Waals surface area contributed by atoms with Crippen molar-refractivity contribution < 1.29 is 9.53 Å². The van der Waals surface area contributed by atoms with Gasteiger partial charge in [-0.2, -0.15) is 0 Å². The molecule has 2 saturated heterocycles. The quantitative estimate of drug-likeness (QED) is 0.873. The van der Waals surface area contributed by atoms with Gasteiger partial charge in [-0.1, -0.05) is 0 Å². The minimum atomic E-state index is 0.158. The maximum absolute atomic E-state index is 12.9. The van der Waals surface area contributed by atoms with Crippen LogP contribution in [-0.4, -0.2) is 50.3 Å². The zero-order valence-corrected chi connectivity index (χ0v) is 15.5. The first-order chi connectivity index (χ1) is 13.3. The highest BCUT2D eigenvalue weighted by atomic mass is 16.5. The van der Waals surface area contributed by atoms with Crippen LogP contribution >= 0.6 is 0 Å². The minimum absolute atomic E-state index is 0.158. The van der Waals surface area contributed by atoms with Crippen molar-refractivity contribution in [1.29, 1.82) is 0 Å². The fourth-order valence-corrected chi connectivity index (χ4v) is 4.78. The van der Waals surface area contributed by atoms with Gasteiger partial charge in [0.1, 0.15) is 0 Å². The number of fused-ring (bicyclic) bond motifs is 1. The highest BCUT2D eigenvalue weighted by molar-refractivity contribution is 6.07. The number of anilines is 2. The van der Waals surface area contributed by atoms with Gasteiger partial charge < -0.3 is 20.3 Å². The third-order valence-corrected chi connectivity index (χ3v) is 6.51. The molecule has 3 fully saturated rings. The summed E-state index contributed by atoms with van der Waals surface area (Å²) in [6.07, 6.45) is 6.94. The van der Waals surface area contributed by atoms with Crippen molar-refractivity contribution >= 4 is 28.1 Å². The fourth-order valence-electron chi connectivity index (χ4n) is 4.78. The van der Waals surface area contributed by atoms with Crippen LogP contribution in [0.2, 0.25) is 0 Å². The maximum Gasteiger partial charge on any atom is 0.228 e. The average Bonchev–Trinajstić information content (AvgIpc) is 3.42. The van der Waals surface area contributed by atoms with E-state index in [9.17, 15) is 4.79 Å². The van der Waals surface area contributed by atoms with Crippen LogP contribution in [0.5, 0.6) is 0 Å². The van der Waals surface area contributed by atoms with E-state index in [0.717, 1.165) is 75.1 Å². The zero-order chi connectivity index (χ0) is 18.3. The van der Waals surface area contributed by atoms with Gasteiger partial charge in [0.05, 0.1) is 18.9 Å². The van der Waals surface area contributed by atoms with Gasteiger partial charge in [0, 0.05) is 47.9 Å². The van der Waals surface area contributed by atoms with Gasteiger partial charge in [-0.05, 0) is 56.0 Å². The molecular weight excluding hydrogens is 340 g/mol. The van der Waals surface area contributed by atoms with Crippen molar-refractivity contribution in [2.24, 2.45) is 11.3 Å². The molecule has 6 heteroatoms. The van der Waals surface area contributed by atoms with Crippen molar-refractivity contribution in [3.8, 4) is 0 Å². The molecule has 1 spiro atoms. The molecule has 142 valence electrons. The number of aromatic nitrogens is 1. The number of nitrogens with one attached hydrogen (secondary N) is 2. The van der Waals surface area contributed by atoms with Gasteiger partial charge >= 0.3 is 0 Å². The van der Waals surface area contributed by atoms with Crippen LogP contribution in [0, 0.1) is 11.3 Å². The monoisotopic (exact) mass is 366 g/mol. The first kappa shape index (κ1) is 17.0. The lowest BCUT2D eigenvalue weighted by Gasteiger charge is -2.30. The molecule has 0 bridgehead atoms. The third-order valence-electron chi connectivity index (χ3n) is 6.51. The lowest BCUT2D eigenvalue weighted by molar-refractivity contribution is -0.118. The largest absolute Gasteiger partial charge is 0.378 e. The second kappa shape index (κ2) is 6.77. The predicted octanol–water partition coefficient (Wildman–Crippen LogP) is 2.40. The summed E-state index contributed by atoms with van der Waals surface area (Å²) in [5, 5.41) is 8.75. The Balaban J connectivity index is 1.40. The first-order valence-corrected chi connectivity index (χ1v) is 9.98. The number of benzene rings is 1. The van der Waals surface area contributed by atoms with Crippen molar-refractivity contribution in [2.45, 2.75) is 19.3 Å². The lowest BCUT2D eigenvalue weighted by Crippen LogP contribution is -2.36. The van der Waals surface area contributed by atoms with E-state index in [1.165, 1.54) is 5.69 Å². The molecule has 2 aliphatic heterocycles. The van der Waals surface area contributed by atoms with E-state index in [1.54, 1.807) is 0 Å². The van der Waals surface area contributed by atoms with E-state index in [-0.39, 0.29) is 17.2 Å². The summed E-state index contributed by atoms with van der Waals surface area (Å²) >= 11 is 0. The summed E-state index contributed by atoms with van der Waals surface area (Å²) in [6.45, 7) is 5.35. The van der Waals surface area contributed by atoms with E-state index < -0.39 is 0 Å². The van der Waals surface area contributed by atoms with Crippen LogP contribution in [0.3, 0.4) is 0 Å². The van der Waals surface area contributed by atoms with Crippen LogP contribution in [0.25, 0.3) is 10.8 Å². The molecule has 6 nitrogen and oxygen atoms in total. The molecule has 2 N–H and O–H groups in total. The summed E-state index contributed by atoms with van der Waals surface area (Å²) < 4.78 is 5.48. The van der Waals surface area contributed by atoms with E-state index in [0.29, 0.717) is 0 Å². The standard InChI is InChI=1S/C21H26N4O2/c26-20(17-13-21(17)4-7-22-8-5-21)24-18-1-2-19(25-9-11-27-12-10-25)15-3-6-23-14-16(15)18/h1-3,6,14,17,22H,4-5,7-13H2,(H,24,26). The number of rotatable bonds is 3. The number of nitrogens with zero attached hydrogens (tertiary/aromatic N) is 2. The zero-order valence-electron chi connectivity index (χ0n) is 15.5. The molecule has 2 aromatic rings. The number of hydrogen-bond donors (Lipinski definition) is 2. The second-order valence-corrected chi connectivity index (χ2v) is 8.01. The van der Waals surface area contributed by atoms with Gasteiger partial charge in [0.25, 0.3) is 0 Å². The molecule has 1 aromatic carbocycles. The molecule has 3 heterocycles. The number of amides is 1. The van der Waals surface area contributed by atoms with Crippen LogP contribution in [0.4, 0.5) is 11.4 Å². The van der Waals surface area contributed by atoms with Crippen molar-refractivity contribution in [1.82, 2.24) is 10.3 Å². The SMILES string of the molecule is O=C(Nc1ccc(N2CCOCC2)c2ccncc12)C1CC12CCNCC2. The van der Waals surface area contributed by atoms with Crippen LogP contribution < -0.4 is 15.5 Å². The molecule has 1 amide bonds. The number of pyridine rings is 1. The molecular formula is C21H26N4O2. The molecule has 0 radical (unpaired) electrons. The summed E-state index contributed by atoms with van der Waals surface area (Å²) in [4.78, 5) is 19.6. The lowest BCUT2D eigenvalue weighted by atomic mass is 9.91. The summed E-state index contributed by atoms with van der Waals surface area (Å²) in [5.74, 6) is 0.325. The molecule has 1 atom stereocenters. The summed E-state index contributed by atoms with van der Waals surface area (Å²) in [6, 6.07) is 6.20. The number of piperidine rings is 1. The molecule has 5 rings (SSSR count). The van der Waals surface area contributed by atoms with Crippen molar-refractivity contribution in [3.05, 3.63) is 30.6 Å². The maximum atomic E-state index is 12.9. The number of hydrogen-bond acceptors (Lipinski definition) is 5. The first-order valence-electron chi connectivity index (χ1n) is 9.98. The Labute approximate surface area is 159 Å². The Kier molecular flexibility index (Phi) is 4.25. The smallest absolute Gasteiger partial charge is 0.228 e. The topological polar surface area (TPSA) is 66.5 Å². The minimum Gasteiger partial charge on any atom is -0.378 e. The highest BCUT2D eigenvalue weighted by Crippen LogP contribution is 2.58. The number of ether oxygens (including phenoxy) is 1. The van der Waals surface area contributed by atoms with Crippen LogP contribution in [0.1, 0.15) is 19.3 Å². The Hall–Kier alpha value is -2.18. The van der Waals surface area contributed by atoms with Crippen LogP contribution in [-0.2, 0) is 9.53 Å². The Bertz CT molecular complexity index is 856. The Morgan fingerprint density at radius 1 is 1.19 bits per heavy atom. The van der Waals surface area contributed by atoms with Gasteiger partial charge in [0.15, 0.2) is 0 Å². The number of carbonyl (C=O) groups excluding carboxylic acids is 1. The molecule has 1 unspecified atom stereocenters. The number of carbonyl (C=O) groups is 1. The van der Waals surface area contributed by atoms with Gasteiger partial charge in [-0.25, -0.2) is 0 Å². The van der Waals surface area contributed by atoms with Gasteiger partial charge in [0.2, 0.25) is 5.91 Å². The van der Waals surface area contributed by atoms with E-state index >= 15 is 0 Å². The summed E-state index contributed by atoms with van der Waals surface area (Å²) in [5.41, 5.74) is 2.31.